The SMILES string of the molecule is CC(C)(C)OC(=O)NCCc1ccc(-c2ccc(CCN(CCCC[C@H](O)COC(O)c3ccccc3)CC[C@@H](O)C[C@H](O)COC(O)c3ccccc3)cc2)cc1. The molecule has 0 radical (unpaired) electrons. The van der Waals surface area contributed by atoms with Gasteiger partial charge >= 0.3 is 6.09 Å². The van der Waals surface area contributed by atoms with Gasteiger partial charge in [0.25, 0.3) is 0 Å². The number of benzene rings is 4. The summed E-state index contributed by atoms with van der Waals surface area (Å²) < 4.78 is 16.2. The summed E-state index contributed by atoms with van der Waals surface area (Å²) in [6, 6.07) is 34.9. The van der Waals surface area contributed by atoms with Crippen molar-refractivity contribution in [3.05, 3.63) is 131 Å². The topological polar surface area (TPSA) is 161 Å². The number of carbonyl (C=O) groups excluding carboxylic acids is 1. The number of carbonyl (C=O) groups is 1. The highest BCUT2D eigenvalue weighted by molar-refractivity contribution is 5.67. The van der Waals surface area contributed by atoms with E-state index in [9.17, 15) is 30.3 Å². The van der Waals surface area contributed by atoms with Crippen molar-refractivity contribution in [1.82, 2.24) is 10.2 Å². The van der Waals surface area contributed by atoms with Gasteiger partial charge in [0.15, 0.2) is 12.6 Å². The van der Waals surface area contributed by atoms with Gasteiger partial charge in [0.2, 0.25) is 0 Å². The van der Waals surface area contributed by atoms with Gasteiger partial charge in [0.1, 0.15) is 5.60 Å². The van der Waals surface area contributed by atoms with E-state index in [-0.39, 0.29) is 19.6 Å². The fourth-order valence-electron chi connectivity index (χ4n) is 6.44. The number of rotatable bonds is 25. The van der Waals surface area contributed by atoms with Crippen LogP contribution in [-0.2, 0) is 27.1 Å². The second kappa shape index (κ2) is 24.7. The minimum Gasteiger partial charge on any atom is -0.444 e. The van der Waals surface area contributed by atoms with Crippen LogP contribution in [0.15, 0.2) is 109 Å². The first-order chi connectivity index (χ1) is 27.8. The summed E-state index contributed by atoms with van der Waals surface area (Å²) in [4.78, 5) is 14.2. The minimum absolute atomic E-state index is 0.0356. The van der Waals surface area contributed by atoms with Crippen LogP contribution in [0.1, 0.15) is 87.7 Å². The average Bonchev–Trinajstić information content (AvgIpc) is 3.21. The molecule has 11 nitrogen and oxygen atoms in total. The number of hydrogen-bond acceptors (Lipinski definition) is 10. The van der Waals surface area contributed by atoms with Crippen molar-refractivity contribution in [1.29, 1.82) is 0 Å². The van der Waals surface area contributed by atoms with E-state index < -0.39 is 42.6 Å². The highest BCUT2D eigenvalue weighted by Gasteiger charge is 2.18. The minimum atomic E-state index is -1.15. The van der Waals surface area contributed by atoms with Gasteiger partial charge in [0.05, 0.1) is 31.5 Å². The number of nitrogens with one attached hydrogen (secondary N) is 1. The Hall–Kier alpha value is -4.17. The summed E-state index contributed by atoms with van der Waals surface area (Å²) in [7, 11) is 0. The van der Waals surface area contributed by atoms with Crippen molar-refractivity contribution in [2.24, 2.45) is 0 Å². The Kier molecular flexibility index (Phi) is 19.8. The normalized spacial score (nSPS) is 14.4. The van der Waals surface area contributed by atoms with Crippen LogP contribution < -0.4 is 5.32 Å². The Morgan fingerprint density at radius 3 is 1.66 bits per heavy atom. The van der Waals surface area contributed by atoms with E-state index in [1.807, 2.05) is 45.0 Å². The van der Waals surface area contributed by atoms with E-state index in [2.05, 4.69) is 58.7 Å². The fraction of sp³-hybridized carbons (Fsp3) is 0.468. The number of hydrogen-bond donors (Lipinski definition) is 6. The van der Waals surface area contributed by atoms with Gasteiger partial charge in [-0.3, -0.25) is 0 Å². The Labute approximate surface area is 344 Å². The van der Waals surface area contributed by atoms with E-state index in [1.165, 1.54) is 5.56 Å². The zero-order chi connectivity index (χ0) is 41.8. The molecule has 0 heterocycles. The molecule has 4 rings (SSSR count). The summed E-state index contributed by atoms with van der Waals surface area (Å²) in [6.07, 6.45) is -0.818. The van der Waals surface area contributed by atoms with Crippen LogP contribution in [-0.4, -0.2) is 99.8 Å². The van der Waals surface area contributed by atoms with E-state index in [4.69, 9.17) is 14.2 Å². The van der Waals surface area contributed by atoms with Crippen LogP contribution in [0.25, 0.3) is 11.1 Å². The maximum Gasteiger partial charge on any atom is 0.407 e. The molecule has 316 valence electrons. The molecule has 1 amide bonds. The number of aliphatic hydroxyl groups is 5. The lowest BCUT2D eigenvalue weighted by atomic mass is 10.0. The second-order valence-corrected chi connectivity index (χ2v) is 15.8. The van der Waals surface area contributed by atoms with Crippen LogP contribution in [0.4, 0.5) is 4.79 Å². The molecule has 0 saturated carbocycles. The monoisotopic (exact) mass is 800 g/mol. The zero-order valence-electron chi connectivity index (χ0n) is 34.3. The van der Waals surface area contributed by atoms with Crippen molar-refractivity contribution in [3.63, 3.8) is 0 Å². The second-order valence-electron chi connectivity index (χ2n) is 15.8. The highest BCUT2D eigenvalue weighted by atomic mass is 16.6. The molecule has 0 bridgehead atoms. The molecule has 11 heteroatoms. The van der Waals surface area contributed by atoms with Gasteiger partial charge in [-0.2, -0.15) is 0 Å². The van der Waals surface area contributed by atoms with Crippen molar-refractivity contribution < 1.29 is 44.5 Å². The predicted octanol–water partition coefficient (Wildman–Crippen LogP) is 6.71. The number of unbranched alkanes of at least 4 members (excludes halogenated alkanes) is 1. The molecule has 2 unspecified atom stereocenters. The Morgan fingerprint density at radius 2 is 1.12 bits per heavy atom. The standard InChI is InChI=1S/C47H64N2O9/c1-47(2,3)58-46(55)48-28-25-35-17-21-37(22-18-35)38-23-19-36(20-24-38)26-30-49(29-11-10-16-42(51)33-56-44(53)39-12-6-4-7-13-39)31-27-41(50)32-43(52)34-57-45(54)40-14-8-5-9-15-40/h4-9,12-15,17-24,41-45,50-54H,10-11,16,25-34H2,1-3H3,(H,48,55)/t41-,42+,43+,44?,45?/m1/s1. The molecular formula is C47H64N2O9. The molecule has 5 atom stereocenters. The Morgan fingerprint density at radius 1 is 0.603 bits per heavy atom. The molecule has 0 fully saturated rings. The molecule has 4 aromatic carbocycles. The van der Waals surface area contributed by atoms with E-state index in [0.717, 1.165) is 49.0 Å². The lowest BCUT2D eigenvalue weighted by molar-refractivity contribution is -0.129. The molecule has 4 aromatic rings. The molecule has 0 aliphatic heterocycles. The third kappa shape index (κ3) is 18.2. The number of alkyl carbamates (subject to hydrolysis) is 1. The molecule has 0 saturated heterocycles. The summed E-state index contributed by atoms with van der Waals surface area (Å²) in [5.41, 5.74) is 5.24. The van der Waals surface area contributed by atoms with Gasteiger partial charge in [-0.1, -0.05) is 109 Å². The maximum atomic E-state index is 11.9. The number of aliphatic hydroxyl groups excluding tert-OH is 5. The third-order valence-electron chi connectivity index (χ3n) is 9.69. The lowest BCUT2D eigenvalue weighted by Gasteiger charge is -2.25. The first-order valence-corrected chi connectivity index (χ1v) is 20.5. The molecule has 0 aliphatic carbocycles. The van der Waals surface area contributed by atoms with E-state index in [1.54, 1.807) is 36.4 Å². The number of nitrogens with zero attached hydrogens (tertiary/aromatic N) is 1. The summed E-state index contributed by atoms with van der Waals surface area (Å²) in [5, 5.41) is 55.2. The van der Waals surface area contributed by atoms with Gasteiger partial charge in [-0.25, -0.2) is 4.79 Å². The fourth-order valence-corrected chi connectivity index (χ4v) is 6.44. The van der Waals surface area contributed by atoms with Crippen LogP contribution >= 0.6 is 0 Å². The van der Waals surface area contributed by atoms with E-state index >= 15 is 0 Å². The van der Waals surface area contributed by atoms with Crippen molar-refractivity contribution in [3.8, 4) is 11.1 Å². The van der Waals surface area contributed by atoms with Gasteiger partial charge in [0, 0.05) is 37.2 Å². The van der Waals surface area contributed by atoms with Crippen LogP contribution in [0.5, 0.6) is 0 Å². The Balaban J connectivity index is 1.24. The van der Waals surface area contributed by atoms with Crippen molar-refractivity contribution >= 4 is 6.09 Å². The Bertz CT molecular complexity index is 1700. The highest BCUT2D eigenvalue weighted by Crippen LogP contribution is 2.22. The maximum absolute atomic E-state index is 11.9. The molecular weight excluding hydrogens is 737 g/mol. The molecule has 0 spiro atoms. The molecule has 0 aliphatic rings. The van der Waals surface area contributed by atoms with Crippen molar-refractivity contribution in [2.45, 2.75) is 102 Å². The summed E-state index contributed by atoms with van der Waals surface area (Å²) >= 11 is 0. The van der Waals surface area contributed by atoms with Gasteiger partial charge in [-0.05, 0) is 88.1 Å². The molecule has 58 heavy (non-hydrogen) atoms. The van der Waals surface area contributed by atoms with E-state index in [0.29, 0.717) is 43.5 Å². The summed E-state index contributed by atoms with van der Waals surface area (Å²) in [6.45, 7) is 8.10. The average molecular weight is 801 g/mol. The summed E-state index contributed by atoms with van der Waals surface area (Å²) in [5.74, 6) is 0. The largest absolute Gasteiger partial charge is 0.444 e. The lowest BCUT2D eigenvalue weighted by Crippen LogP contribution is -2.33. The third-order valence-corrected chi connectivity index (χ3v) is 9.69. The quantitative estimate of drug-likeness (QED) is 0.0314. The number of amides is 1. The van der Waals surface area contributed by atoms with Crippen LogP contribution in [0.2, 0.25) is 0 Å². The van der Waals surface area contributed by atoms with Crippen LogP contribution in [0.3, 0.4) is 0 Å². The predicted molar refractivity (Wildman–Crippen MR) is 226 cm³/mol. The van der Waals surface area contributed by atoms with Crippen molar-refractivity contribution in [2.75, 3.05) is 39.4 Å². The molecule has 6 N–H and O–H groups in total. The smallest absolute Gasteiger partial charge is 0.407 e. The first-order valence-electron chi connectivity index (χ1n) is 20.5. The van der Waals surface area contributed by atoms with Gasteiger partial charge in [-0.15, -0.1) is 0 Å². The number of ether oxygens (including phenoxy) is 3. The van der Waals surface area contributed by atoms with Gasteiger partial charge < -0.3 is 50.0 Å². The first kappa shape index (κ1) is 46.5. The molecule has 0 aromatic heterocycles. The van der Waals surface area contributed by atoms with Crippen LogP contribution in [0, 0.1) is 0 Å². The zero-order valence-corrected chi connectivity index (χ0v) is 34.3.